The molecule has 2 heterocycles. The summed E-state index contributed by atoms with van der Waals surface area (Å²) in [4.78, 5) is 15.1. The molecule has 148 valence electrons. The predicted octanol–water partition coefficient (Wildman–Crippen LogP) is 3.34. The van der Waals surface area contributed by atoms with Crippen molar-refractivity contribution < 1.29 is 19.0 Å². The molecule has 1 fully saturated rings. The highest BCUT2D eigenvalue weighted by atomic mass is 16.5. The Balaban J connectivity index is 1.69. The molecular formula is C23H27NO4. The van der Waals surface area contributed by atoms with E-state index in [4.69, 9.17) is 14.2 Å². The minimum atomic E-state index is -0.0856. The van der Waals surface area contributed by atoms with Gasteiger partial charge in [-0.2, -0.15) is 0 Å². The monoisotopic (exact) mass is 381 g/mol. The Bertz CT molecular complexity index is 843. The standard InChI is InChI=1S/C23H27NO4/c1-26-20-13-18-15-24(22(25)12-17-6-4-3-5-7-17)16-23(8-10-28-11-9-23)19(18)14-21(20)27-2/h3-7,13-14H,8-12,15-16H2,1-2H3. The summed E-state index contributed by atoms with van der Waals surface area (Å²) in [7, 11) is 3.31. The number of amides is 1. The molecule has 0 unspecified atom stereocenters. The lowest BCUT2D eigenvalue weighted by Crippen LogP contribution is -2.50. The largest absolute Gasteiger partial charge is 0.493 e. The quantitative estimate of drug-likeness (QED) is 0.815. The number of nitrogens with zero attached hydrogens (tertiary/aromatic N) is 1. The number of carbonyl (C=O) groups excluding carboxylic acids is 1. The van der Waals surface area contributed by atoms with Crippen molar-refractivity contribution in [1.82, 2.24) is 4.90 Å². The van der Waals surface area contributed by atoms with Crippen molar-refractivity contribution in [2.75, 3.05) is 34.0 Å². The molecule has 0 aliphatic carbocycles. The van der Waals surface area contributed by atoms with Gasteiger partial charge in [-0.3, -0.25) is 4.79 Å². The van der Waals surface area contributed by atoms with Crippen LogP contribution in [-0.2, 0) is 27.9 Å². The summed E-state index contributed by atoms with van der Waals surface area (Å²) in [6.45, 7) is 2.76. The smallest absolute Gasteiger partial charge is 0.227 e. The van der Waals surface area contributed by atoms with Gasteiger partial charge in [0.15, 0.2) is 11.5 Å². The first-order valence-electron chi connectivity index (χ1n) is 9.80. The van der Waals surface area contributed by atoms with Gasteiger partial charge in [0.1, 0.15) is 0 Å². The third-order valence-corrected chi connectivity index (χ3v) is 6.04. The van der Waals surface area contributed by atoms with E-state index < -0.39 is 0 Å². The molecule has 0 aromatic heterocycles. The first-order chi connectivity index (χ1) is 13.6. The van der Waals surface area contributed by atoms with Gasteiger partial charge in [-0.1, -0.05) is 30.3 Å². The van der Waals surface area contributed by atoms with E-state index in [0.29, 0.717) is 31.9 Å². The van der Waals surface area contributed by atoms with Crippen molar-refractivity contribution in [3.05, 3.63) is 59.2 Å². The van der Waals surface area contributed by atoms with Crippen molar-refractivity contribution in [1.29, 1.82) is 0 Å². The summed E-state index contributed by atoms with van der Waals surface area (Å²) in [5.41, 5.74) is 3.38. The summed E-state index contributed by atoms with van der Waals surface area (Å²) in [5, 5.41) is 0. The average molecular weight is 381 g/mol. The van der Waals surface area contributed by atoms with Gasteiger partial charge >= 0.3 is 0 Å². The normalized spacial score (nSPS) is 17.9. The van der Waals surface area contributed by atoms with Crippen LogP contribution in [0.1, 0.15) is 29.5 Å². The highest BCUT2D eigenvalue weighted by Gasteiger charge is 2.42. The van der Waals surface area contributed by atoms with E-state index in [1.54, 1.807) is 14.2 Å². The number of carbonyl (C=O) groups is 1. The number of fused-ring (bicyclic) bond motifs is 2. The van der Waals surface area contributed by atoms with Crippen LogP contribution in [0.25, 0.3) is 0 Å². The predicted molar refractivity (Wildman–Crippen MR) is 107 cm³/mol. The third kappa shape index (κ3) is 3.47. The Morgan fingerprint density at radius 3 is 2.43 bits per heavy atom. The van der Waals surface area contributed by atoms with E-state index >= 15 is 0 Å². The summed E-state index contributed by atoms with van der Waals surface area (Å²) < 4.78 is 16.7. The number of ether oxygens (including phenoxy) is 3. The topological polar surface area (TPSA) is 48.0 Å². The van der Waals surface area contributed by atoms with E-state index in [9.17, 15) is 4.79 Å². The van der Waals surface area contributed by atoms with E-state index in [-0.39, 0.29) is 11.3 Å². The van der Waals surface area contributed by atoms with Crippen molar-refractivity contribution in [2.24, 2.45) is 0 Å². The molecule has 2 aliphatic heterocycles. The fourth-order valence-corrected chi connectivity index (χ4v) is 4.51. The van der Waals surface area contributed by atoms with E-state index in [1.807, 2.05) is 41.3 Å². The third-order valence-electron chi connectivity index (χ3n) is 6.04. The number of benzene rings is 2. The molecule has 2 aliphatic rings. The van der Waals surface area contributed by atoms with Gasteiger partial charge in [-0.25, -0.2) is 0 Å². The van der Waals surface area contributed by atoms with Gasteiger partial charge in [-0.05, 0) is 41.7 Å². The molecule has 1 spiro atoms. The van der Waals surface area contributed by atoms with Gasteiger partial charge < -0.3 is 19.1 Å². The molecule has 1 amide bonds. The molecule has 5 nitrogen and oxygen atoms in total. The summed E-state index contributed by atoms with van der Waals surface area (Å²) in [5.74, 6) is 1.62. The zero-order valence-electron chi connectivity index (χ0n) is 16.6. The maximum Gasteiger partial charge on any atom is 0.227 e. The lowest BCUT2D eigenvalue weighted by molar-refractivity contribution is -0.133. The molecule has 0 N–H and O–H groups in total. The highest BCUT2D eigenvalue weighted by Crippen LogP contribution is 2.45. The second-order valence-electron chi connectivity index (χ2n) is 7.67. The fourth-order valence-electron chi connectivity index (χ4n) is 4.51. The maximum absolute atomic E-state index is 13.1. The van der Waals surface area contributed by atoms with Crippen molar-refractivity contribution in [2.45, 2.75) is 31.2 Å². The van der Waals surface area contributed by atoms with Gasteiger partial charge in [0, 0.05) is 31.7 Å². The Kier molecular flexibility index (Phi) is 5.27. The van der Waals surface area contributed by atoms with Crippen molar-refractivity contribution >= 4 is 5.91 Å². The lowest BCUT2D eigenvalue weighted by Gasteiger charge is -2.46. The molecule has 2 aromatic carbocycles. The molecule has 28 heavy (non-hydrogen) atoms. The molecule has 0 radical (unpaired) electrons. The van der Waals surface area contributed by atoms with Gasteiger partial charge in [0.2, 0.25) is 5.91 Å². The molecule has 0 atom stereocenters. The minimum Gasteiger partial charge on any atom is -0.493 e. The number of methoxy groups -OCH3 is 2. The second kappa shape index (κ2) is 7.84. The van der Waals surface area contributed by atoms with Crippen LogP contribution in [-0.4, -0.2) is 44.8 Å². The fraction of sp³-hybridized carbons (Fsp3) is 0.435. The van der Waals surface area contributed by atoms with Crippen molar-refractivity contribution in [3.63, 3.8) is 0 Å². The molecule has 0 bridgehead atoms. The first kappa shape index (κ1) is 18.8. The van der Waals surface area contributed by atoms with Crippen LogP contribution in [0.5, 0.6) is 11.5 Å². The first-order valence-corrected chi connectivity index (χ1v) is 9.80. The molecular weight excluding hydrogens is 354 g/mol. The molecule has 5 heteroatoms. The second-order valence-corrected chi connectivity index (χ2v) is 7.67. The van der Waals surface area contributed by atoms with Crippen LogP contribution in [0.3, 0.4) is 0 Å². The van der Waals surface area contributed by atoms with Gasteiger partial charge in [0.05, 0.1) is 20.6 Å². The summed E-state index contributed by atoms with van der Waals surface area (Å²) >= 11 is 0. The molecule has 4 rings (SSSR count). The minimum absolute atomic E-state index is 0.0856. The number of hydrogen-bond acceptors (Lipinski definition) is 4. The van der Waals surface area contributed by atoms with Gasteiger partial charge in [-0.15, -0.1) is 0 Å². The zero-order chi connectivity index (χ0) is 19.6. The number of rotatable bonds is 4. The average Bonchev–Trinajstić information content (AvgIpc) is 2.74. The van der Waals surface area contributed by atoms with Crippen LogP contribution in [0.4, 0.5) is 0 Å². The number of hydrogen-bond donors (Lipinski definition) is 0. The van der Waals surface area contributed by atoms with Crippen LogP contribution in [0, 0.1) is 0 Å². The van der Waals surface area contributed by atoms with Gasteiger partial charge in [0.25, 0.3) is 0 Å². The Morgan fingerprint density at radius 2 is 1.75 bits per heavy atom. The van der Waals surface area contributed by atoms with E-state index in [0.717, 1.165) is 36.3 Å². The Morgan fingerprint density at radius 1 is 1.07 bits per heavy atom. The molecule has 1 saturated heterocycles. The SMILES string of the molecule is COc1cc2c(cc1OC)C1(CCOCC1)CN(C(=O)Cc1ccccc1)C2. The van der Waals surface area contributed by atoms with E-state index in [1.165, 1.54) is 5.56 Å². The molecule has 0 saturated carbocycles. The van der Waals surface area contributed by atoms with Crippen LogP contribution in [0.15, 0.2) is 42.5 Å². The lowest BCUT2D eigenvalue weighted by atomic mass is 9.69. The summed E-state index contributed by atoms with van der Waals surface area (Å²) in [6.07, 6.45) is 2.24. The van der Waals surface area contributed by atoms with Crippen LogP contribution in [0.2, 0.25) is 0 Å². The Hall–Kier alpha value is -2.53. The van der Waals surface area contributed by atoms with E-state index in [2.05, 4.69) is 6.07 Å². The van der Waals surface area contributed by atoms with Crippen LogP contribution >= 0.6 is 0 Å². The maximum atomic E-state index is 13.1. The summed E-state index contributed by atoms with van der Waals surface area (Å²) in [6, 6.07) is 14.1. The molecule has 2 aromatic rings. The zero-order valence-corrected chi connectivity index (χ0v) is 16.6. The van der Waals surface area contributed by atoms with Crippen molar-refractivity contribution in [3.8, 4) is 11.5 Å². The highest BCUT2D eigenvalue weighted by molar-refractivity contribution is 5.79. The Labute approximate surface area is 166 Å². The van der Waals surface area contributed by atoms with Crippen LogP contribution < -0.4 is 9.47 Å².